The fraction of sp³-hybridized carbons (Fsp3) is 0.300. The predicted octanol–water partition coefficient (Wildman–Crippen LogP) is 3.54. The molecule has 4 nitrogen and oxygen atoms in total. The molecule has 0 saturated carbocycles. The van der Waals surface area contributed by atoms with E-state index in [1.165, 1.54) is 0 Å². The Balaban J connectivity index is 2.10. The highest BCUT2D eigenvalue weighted by Gasteiger charge is 2.25. The van der Waals surface area contributed by atoms with Crippen molar-refractivity contribution >= 4 is 11.8 Å². The van der Waals surface area contributed by atoms with Crippen LogP contribution in [0.1, 0.15) is 42.2 Å². The van der Waals surface area contributed by atoms with Crippen molar-refractivity contribution in [3.05, 3.63) is 71.8 Å². The Morgan fingerprint density at radius 2 is 1.58 bits per heavy atom. The van der Waals surface area contributed by atoms with Crippen molar-refractivity contribution in [1.82, 2.24) is 5.32 Å². The van der Waals surface area contributed by atoms with E-state index in [0.717, 1.165) is 5.56 Å². The van der Waals surface area contributed by atoms with Gasteiger partial charge in [0.25, 0.3) is 0 Å². The molecule has 2 atom stereocenters. The van der Waals surface area contributed by atoms with E-state index in [1.54, 1.807) is 19.1 Å². The fourth-order valence-electron chi connectivity index (χ4n) is 2.52. The smallest absolute Gasteiger partial charge is 0.323 e. The zero-order chi connectivity index (χ0) is 17.4. The highest BCUT2D eigenvalue weighted by atomic mass is 16.5. The van der Waals surface area contributed by atoms with Crippen molar-refractivity contribution in [2.24, 2.45) is 0 Å². The van der Waals surface area contributed by atoms with Gasteiger partial charge in [-0.3, -0.25) is 14.9 Å². The van der Waals surface area contributed by atoms with E-state index >= 15 is 0 Å². The van der Waals surface area contributed by atoms with E-state index in [2.05, 4.69) is 5.32 Å². The molecule has 24 heavy (non-hydrogen) atoms. The molecular weight excluding hydrogens is 302 g/mol. The van der Waals surface area contributed by atoms with E-state index < -0.39 is 12.0 Å². The first kappa shape index (κ1) is 17.9. The second-order valence-electron chi connectivity index (χ2n) is 5.60. The molecule has 2 aromatic carbocycles. The zero-order valence-corrected chi connectivity index (χ0v) is 14.1. The Labute approximate surface area is 142 Å². The minimum absolute atomic E-state index is 0.0656. The van der Waals surface area contributed by atoms with Crippen molar-refractivity contribution in [2.45, 2.75) is 32.4 Å². The third kappa shape index (κ3) is 5.03. The monoisotopic (exact) mass is 325 g/mol. The first-order valence-electron chi connectivity index (χ1n) is 8.17. The number of carbonyl (C=O) groups excluding carboxylic acids is 2. The molecule has 0 saturated heterocycles. The summed E-state index contributed by atoms with van der Waals surface area (Å²) in [6, 6.07) is 18.1. The number of hydrogen-bond donors (Lipinski definition) is 1. The van der Waals surface area contributed by atoms with Crippen molar-refractivity contribution in [1.29, 1.82) is 0 Å². The van der Waals surface area contributed by atoms with Gasteiger partial charge in [0.1, 0.15) is 6.04 Å². The molecule has 0 bridgehead atoms. The summed E-state index contributed by atoms with van der Waals surface area (Å²) < 4.78 is 5.12. The second kappa shape index (κ2) is 8.99. The van der Waals surface area contributed by atoms with Gasteiger partial charge in [0.2, 0.25) is 0 Å². The number of ether oxygens (including phenoxy) is 1. The summed E-state index contributed by atoms with van der Waals surface area (Å²) in [5, 5.41) is 3.22. The number of nitrogens with one attached hydrogen (secondary N) is 1. The van der Waals surface area contributed by atoms with Gasteiger partial charge >= 0.3 is 5.97 Å². The normalized spacial score (nSPS) is 13.1. The summed E-state index contributed by atoms with van der Waals surface area (Å²) in [6.07, 6.45) is 0.0695. The third-order valence-corrected chi connectivity index (χ3v) is 3.81. The van der Waals surface area contributed by atoms with Crippen LogP contribution in [0.25, 0.3) is 0 Å². The van der Waals surface area contributed by atoms with Crippen LogP contribution in [0.2, 0.25) is 0 Å². The average molecular weight is 325 g/mol. The first-order valence-corrected chi connectivity index (χ1v) is 8.17. The van der Waals surface area contributed by atoms with Crippen LogP contribution in [-0.2, 0) is 9.53 Å². The molecule has 0 aromatic heterocycles. The molecule has 0 fully saturated rings. The summed E-state index contributed by atoms with van der Waals surface area (Å²) in [5.41, 5.74) is 1.65. The van der Waals surface area contributed by atoms with Crippen LogP contribution in [0, 0.1) is 0 Å². The summed E-state index contributed by atoms with van der Waals surface area (Å²) in [5.74, 6) is -0.481. The highest BCUT2D eigenvalue weighted by molar-refractivity contribution is 5.98. The van der Waals surface area contributed by atoms with Crippen molar-refractivity contribution < 1.29 is 14.3 Å². The summed E-state index contributed by atoms with van der Waals surface area (Å²) in [7, 11) is 0. The quantitative estimate of drug-likeness (QED) is 0.596. The number of carbonyl (C=O) groups is 2. The number of rotatable bonds is 8. The first-order chi connectivity index (χ1) is 11.6. The lowest BCUT2D eigenvalue weighted by molar-refractivity contribution is -0.145. The van der Waals surface area contributed by atoms with Crippen molar-refractivity contribution in [2.75, 3.05) is 6.61 Å². The standard InChI is InChI=1S/C20H23NO3/c1-3-24-20(23)18(14-19(22)17-12-8-5-9-13-17)21-15(2)16-10-6-4-7-11-16/h4-13,15,18,21H,3,14H2,1-2H3/t15-,18+/m1/s1. The van der Waals surface area contributed by atoms with Crippen LogP contribution in [0.15, 0.2) is 60.7 Å². The maximum Gasteiger partial charge on any atom is 0.323 e. The Morgan fingerprint density at radius 1 is 1.00 bits per heavy atom. The van der Waals surface area contributed by atoms with E-state index in [-0.39, 0.29) is 24.9 Å². The van der Waals surface area contributed by atoms with Gasteiger partial charge in [-0.05, 0) is 19.4 Å². The number of hydrogen-bond acceptors (Lipinski definition) is 4. The third-order valence-electron chi connectivity index (χ3n) is 3.81. The molecule has 2 aromatic rings. The Morgan fingerprint density at radius 3 is 2.17 bits per heavy atom. The van der Waals surface area contributed by atoms with Crippen molar-refractivity contribution in [3.63, 3.8) is 0 Å². The lowest BCUT2D eigenvalue weighted by atomic mass is 10.0. The lowest BCUT2D eigenvalue weighted by Crippen LogP contribution is -2.41. The molecule has 0 amide bonds. The van der Waals surface area contributed by atoms with Crippen LogP contribution in [0.5, 0.6) is 0 Å². The number of esters is 1. The number of Topliss-reactive ketones (excluding diaryl/α,β-unsaturated/α-hetero) is 1. The minimum atomic E-state index is -0.673. The van der Waals surface area contributed by atoms with Gasteiger partial charge in [-0.15, -0.1) is 0 Å². The van der Waals surface area contributed by atoms with Gasteiger partial charge in [-0.25, -0.2) is 0 Å². The number of benzene rings is 2. The number of ketones is 1. The van der Waals surface area contributed by atoms with Gasteiger partial charge in [-0.2, -0.15) is 0 Å². The van der Waals surface area contributed by atoms with E-state index in [9.17, 15) is 9.59 Å². The predicted molar refractivity (Wildman–Crippen MR) is 93.8 cm³/mol. The van der Waals surface area contributed by atoms with Gasteiger partial charge < -0.3 is 4.74 Å². The summed E-state index contributed by atoms with van der Waals surface area (Å²) in [4.78, 5) is 24.7. The Bertz CT molecular complexity index is 655. The fourth-order valence-corrected chi connectivity index (χ4v) is 2.52. The van der Waals surface area contributed by atoms with E-state index in [4.69, 9.17) is 4.74 Å². The molecule has 0 aliphatic carbocycles. The molecule has 0 aliphatic heterocycles. The minimum Gasteiger partial charge on any atom is -0.465 e. The lowest BCUT2D eigenvalue weighted by Gasteiger charge is -2.22. The average Bonchev–Trinajstić information content (AvgIpc) is 2.62. The Hall–Kier alpha value is -2.46. The molecule has 0 heterocycles. The molecule has 0 aliphatic rings. The second-order valence-corrected chi connectivity index (χ2v) is 5.60. The van der Waals surface area contributed by atoms with Crippen LogP contribution >= 0.6 is 0 Å². The van der Waals surface area contributed by atoms with Crippen LogP contribution < -0.4 is 5.32 Å². The molecule has 1 N–H and O–H groups in total. The SMILES string of the molecule is CCOC(=O)[C@H](CC(=O)c1ccccc1)N[C@H](C)c1ccccc1. The largest absolute Gasteiger partial charge is 0.465 e. The van der Waals surface area contributed by atoms with Crippen LogP contribution in [0.3, 0.4) is 0 Å². The summed E-state index contributed by atoms with van der Waals surface area (Å²) in [6.45, 7) is 4.01. The highest BCUT2D eigenvalue weighted by Crippen LogP contribution is 2.15. The van der Waals surface area contributed by atoms with Crippen molar-refractivity contribution in [3.8, 4) is 0 Å². The molecule has 0 spiro atoms. The van der Waals surface area contributed by atoms with Gasteiger partial charge in [0.05, 0.1) is 6.61 Å². The van der Waals surface area contributed by atoms with Gasteiger partial charge in [0, 0.05) is 18.0 Å². The van der Waals surface area contributed by atoms with E-state index in [1.807, 2.05) is 55.5 Å². The topological polar surface area (TPSA) is 55.4 Å². The molecule has 2 rings (SSSR count). The molecule has 0 unspecified atom stereocenters. The molecular formula is C20H23NO3. The molecule has 0 radical (unpaired) electrons. The zero-order valence-electron chi connectivity index (χ0n) is 14.1. The molecule has 4 heteroatoms. The van der Waals surface area contributed by atoms with Gasteiger partial charge in [0.15, 0.2) is 5.78 Å². The maximum absolute atomic E-state index is 12.4. The Kier molecular flexibility index (Phi) is 6.70. The van der Waals surface area contributed by atoms with Crippen LogP contribution in [-0.4, -0.2) is 24.4 Å². The maximum atomic E-state index is 12.4. The summed E-state index contributed by atoms with van der Waals surface area (Å²) >= 11 is 0. The molecule has 126 valence electrons. The van der Waals surface area contributed by atoms with E-state index in [0.29, 0.717) is 5.56 Å². The van der Waals surface area contributed by atoms with Crippen LogP contribution in [0.4, 0.5) is 0 Å². The van der Waals surface area contributed by atoms with Gasteiger partial charge in [-0.1, -0.05) is 60.7 Å².